The van der Waals surface area contributed by atoms with Gasteiger partial charge in [-0.05, 0) is 6.07 Å². The molecule has 3 aromatic rings. The molecule has 0 bridgehead atoms. The van der Waals surface area contributed by atoms with Gasteiger partial charge >= 0.3 is 0 Å². The quantitative estimate of drug-likeness (QED) is 0.611. The summed E-state index contributed by atoms with van der Waals surface area (Å²) in [6.45, 7) is 0. The van der Waals surface area contributed by atoms with Gasteiger partial charge in [0.15, 0.2) is 5.65 Å². The van der Waals surface area contributed by atoms with Crippen LogP contribution in [0.25, 0.3) is 21.9 Å². The molecule has 0 aliphatic heterocycles. The maximum absolute atomic E-state index is 13.5. The standard InChI is InChI=1S/C10H7FN4O/c1-15-8-5-3-2-4-6(11)7(5)10(16)12-9(8)13-14-15/h2-4H,1H3,(H,12,16). The molecule has 0 aliphatic carbocycles. The number of fused-ring (bicyclic) bond motifs is 3. The van der Waals surface area contributed by atoms with Crippen molar-refractivity contribution in [1.82, 2.24) is 20.0 Å². The topological polar surface area (TPSA) is 63.6 Å². The van der Waals surface area contributed by atoms with Crippen molar-refractivity contribution < 1.29 is 4.39 Å². The highest BCUT2D eigenvalue weighted by Gasteiger charge is 2.12. The van der Waals surface area contributed by atoms with Gasteiger partial charge in [-0.15, -0.1) is 5.10 Å². The Balaban J connectivity index is 2.74. The van der Waals surface area contributed by atoms with Gasteiger partial charge in [-0.1, -0.05) is 17.3 Å². The Kier molecular flexibility index (Phi) is 1.62. The summed E-state index contributed by atoms with van der Waals surface area (Å²) in [7, 11) is 1.69. The number of nitrogens with zero attached hydrogens (tertiary/aromatic N) is 3. The van der Waals surface area contributed by atoms with E-state index in [0.717, 1.165) is 0 Å². The van der Waals surface area contributed by atoms with Crippen LogP contribution in [0.4, 0.5) is 4.39 Å². The number of benzene rings is 1. The number of aryl methyl sites for hydroxylation is 1. The Morgan fingerprint density at radius 1 is 1.44 bits per heavy atom. The average molecular weight is 218 g/mol. The maximum atomic E-state index is 13.5. The number of pyridine rings is 1. The molecule has 0 unspecified atom stereocenters. The third-order valence-electron chi connectivity index (χ3n) is 2.55. The first-order valence-electron chi connectivity index (χ1n) is 4.68. The van der Waals surface area contributed by atoms with Crippen molar-refractivity contribution in [3.63, 3.8) is 0 Å². The van der Waals surface area contributed by atoms with Gasteiger partial charge in [0.25, 0.3) is 5.56 Å². The van der Waals surface area contributed by atoms with Crippen molar-refractivity contribution in [2.45, 2.75) is 0 Å². The van der Waals surface area contributed by atoms with Gasteiger partial charge in [-0.2, -0.15) is 0 Å². The van der Waals surface area contributed by atoms with Crippen LogP contribution in [0.3, 0.4) is 0 Å². The Bertz CT molecular complexity index is 758. The second-order valence-corrected chi connectivity index (χ2v) is 3.53. The predicted molar refractivity (Wildman–Crippen MR) is 56.6 cm³/mol. The molecule has 0 atom stereocenters. The van der Waals surface area contributed by atoms with E-state index in [2.05, 4.69) is 15.3 Å². The molecule has 5 nitrogen and oxygen atoms in total. The molecule has 0 aliphatic rings. The molecule has 1 aromatic carbocycles. The van der Waals surface area contributed by atoms with Crippen LogP contribution < -0.4 is 5.56 Å². The molecular weight excluding hydrogens is 211 g/mol. The number of aromatic nitrogens is 4. The van der Waals surface area contributed by atoms with Gasteiger partial charge in [0.1, 0.15) is 11.3 Å². The van der Waals surface area contributed by atoms with Crippen molar-refractivity contribution in [2.75, 3.05) is 0 Å². The van der Waals surface area contributed by atoms with Crippen LogP contribution in [0, 0.1) is 5.82 Å². The molecule has 0 radical (unpaired) electrons. The summed E-state index contributed by atoms with van der Waals surface area (Å²) < 4.78 is 15.0. The molecule has 0 spiro atoms. The third-order valence-corrected chi connectivity index (χ3v) is 2.55. The molecule has 2 aromatic heterocycles. The Morgan fingerprint density at radius 3 is 3.06 bits per heavy atom. The van der Waals surface area contributed by atoms with Crippen molar-refractivity contribution in [3.8, 4) is 0 Å². The number of aromatic amines is 1. The fraction of sp³-hybridized carbons (Fsp3) is 0.100. The van der Waals surface area contributed by atoms with Gasteiger partial charge in [-0.3, -0.25) is 4.79 Å². The number of nitrogens with one attached hydrogen (secondary N) is 1. The largest absolute Gasteiger partial charge is 0.303 e. The van der Waals surface area contributed by atoms with Crippen molar-refractivity contribution in [1.29, 1.82) is 0 Å². The summed E-state index contributed by atoms with van der Waals surface area (Å²) in [5.41, 5.74) is 0.501. The molecule has 0 fully saturated rings. The fourth-order valence-corrected chi connectivity index (χ4v) is 1.87. The van der Waals surface area contributed by atoms with E-state index in [1.807, 2.05) is 0 Å². The summed E-state index contributed by atoms with van der Waals surface area (Å²) in [5.74, 6) is -0.540. The van der Waals surface area contributed by atoms with Gasteiger partial charge in [0.2, 0.25) is 0 Å². The Hall–Kier alpha value is -2.24. The van der Waals surface area contributed by atoms with Crippen LogP contribution in [0.5, 0.6) is 0 Å². The summed E-state index contributed by atoms with van der Waals surface area (Å²) >= 11 is 0. The predicted octanol–water partition coefficient (Wildman–Crippen LogP) is 0.949. The highest BCUT2D eigenvalue weighted by Crippen LogP contribution is 2.20. The van der Waals surface area contributed by atoms with Crippen LogP contribution >= 0.6 is 0 Å². The smallest absolute Gasteiger partial charge is 0.260 e. The van der Waals surface area contributed by atoms with Crippen molar-refractivity contribution in [2.24, 2.45) is 7.05 Å². The van der Waals surface area contributed by atoms with Crippen LogP contribution in [0.2, 0.25) is 0 Å². The number of hydrogen-bond acceptors (Lipinski definition) is 3. The summed E-state index contributed by atoms with van der Waals surface area (Å²) in [6, 6.07) is 4.50. The van der Waals surface area contributed by atoms with Crippen LogP contribution in [0.15, 0.2) is 23.0 Å². The number of rotatable bonds is 0. The van der Waals surface area contributed by atoms with Crippen molar-refractivity contribution in [3.05, 3.63) is 34.4 Å². The van der Waals surface area contributed by atoms with Gasteiger partial charge in [0.05, 0.1) is 5.39 Å². The zero-order valence-electron chi connectivity index (χ0n) is 8.36. The number of H-pyrrole nitrogens is 1. The zero-order chi connectivity index (χ0) is 11.3. The lowest BCUT2D eigenvalue weighted by atomic mass is 10.1. The monoisotopic (exact) mass is 218 g/mol. The van der Waals surface area contributed by atoms with Gasteiger partial charge in [-0.25, -0.2) is 9.07 Å². The first-order valence-corrected chi connectivity index (χ1v) is 4.68. The highest BCUT2D eigenvalue weighted by atomic mass is 19.1. The number of hydrogen-bond donors (Lipinski definition) is 1. The first-order chi connectivity index (χ1) is 7.68. The van der Waals surface area contributed by atoms with E-state index < -0.39 is 11.4 Å². The second kappa shape index (κ2) is 2.88. The molecule has 1 N–H and O–H groups in total. The molecule has 16 heavy (non-hydrogen) atoms. The average Bonchev–Trinajstić information content (AvgIpc) is 2.60. The maximum Gasteiger partial charge on any atom is 0.260 e. The van der Waals surface area contributed by atoms with E-state index in [1.54, 1.807) is 19.2 Å². The van der Waals surface area contributed by atoms with E-state index >= 15 is 0 Å². The minimum atomic E-state index is -0.540. The van der Waals surface area contributed by atoms with Crippen LogP contribution in [0.1, 0.15) is 0 Å². The third kappa shape index (κ3) is 1.01. The van der Waals surface area contributed by atoms with E-state index in [-0.39, 0.29) is 5.39 Å². The molecule has 2 heterocycles. The normalized spacial score (nSPS) is 11.4. The molecule has 0 saturated carbocycles. The fourth-order valence-electron chi connectivity index (χ4n) is 1.87. The van der Waals surface area contributed by atoms with Crippen molar-refractivity contribution >= 4 is 21.9 Å². The summed E-state index contributed by atoms with van der Waals surface area (Å²) in [4.78, 5) is 14.2. The molecule has 6 heteroatoms. The highest BCUT2D eigenvalue weighted by molar-refractivity contribution is 6.01. The molecule has 80 valence electrons. The van der Waals surface area contributed by atoms with E-state index in [9.17, 15) is 9.18 Å². The van der Waals surface area contributed by atoms with Crippen LogP contribution in [-0.4, -0.2) is 20.0 Å². The Labute approximate surface area is 88.5 Å². The van der Waals surface area contributed by atoms with E-state index in [4.69, 9.17) is 0 Å². The summed E-state index contributed by atoms with van der Waals surface area (Å²) in [6.07, 6.45) is 0. The van der Waals surface area contributed by atoms with Gasteiger partial charge < -0.3 is 4.98 Å². The SMILES string of the molecule is Cn1nnc2[nH]c(=O)c3c(F)cccc3c21. The second-order valence-electron chi connectivity index (χ2n) is 3.53. The molecular formula is C10H7FN4O. The van der Waals surface area contributed by atoms with Crippen LogP contribution in [-0.2, 0) is 7.05 Å². The summed E-state index contributed by atoms with van der Waals surface area (Å²) in [5, 5.41) is 8.15. The molecule has 0 amide bonds. The Morgan fingerprint density at radius 2 is 2.25 bits per heavy atom. The lowest BCUT2D eigenvalue weighted by Gasteiger charge is -2.00. The minimum Gasteiger partial charge on any atom is -0.303 e. The van der Waals surface area contributed by atoms with E-state index in [0.29, 0.717) is 16.6 Å². The lowest BCUT2D eigenvalue weighted by molar-refractivity contribution is 0.639. The van der Waals surface area contributed by atoms with E-state index in [1.165, 1.54) is 10.7 Å². The minimum absolute atomic E-state index is 0.0420. The molecule has 3 rings (SSSR count). The first kappa shape index (κ1) is 9.02. The molecule has 0 saturated heterocycles. The zero-order valence-corrected chi connectivity index (χ0v) is 8.36. The van der Waals surface area contributed by atoms with Gasteiger partial charge in [0, 0.05) is 12.4 Å². The number of halogens is 1. The lowest BCUT2D eigenvalue weighted by Crippen LogP contribution is -2.08.